The second-order valence-electron chi connectivity index (χ2n) is 1.96. The first-order valence-corrected chi connectivity index (χ1v) is 4.60. The van der Waals surface area contributed by atoms with Gasteiger partial charge in [0.05, 0.1) is 10.6 Å². The molecule has 0 aromatic rings. The molecule has 0 radical (unpaired) electrons. The van der Waals surface area contributed by atoms with Crippen LogP contribution in [0, 0.1) is 0 Å². The Bertz CT molecular complexity index is 255. The van der Waals surface area contributed by atoms with Gasteiger partial charge in [-0.1, -0.05) is 6.58 Å². The molecule has 0 aromatic heterocycles. The lowest BCUT2D eigenvalue weighted by Crippen LogP contribution is -2.24. The van der Waals surface area contributed by atoms with Crippen molar-refractivity contribution in [2.24, 2.45) is 10.7 Å². The monoisotopic (exact) mass is 187 g/mol. The van der Waals surface area contributed by atoms with Crippen molar-refractivity contribution in [2.45, 2.75) is 0 Å². The summed E-state index contributed by atoms with van der Waals surface area (Å²) in [5.41, 5.74) is 6.35. The molecule has 11 heavy (non-hydrogen) atoms. The van der Waals surface area contributed by atoms with Crippen LogP contribution < -0.4 is 11.1 Å². The van der Waals surface area contributed by atoms with Gasteiger partial charge < -0.3 is 11.1 Å². The van der Waals surface area contributed by atoms with Crippen molar-refractivity contribution in [2.75, 3.05) is 6.26 Å². The van der Waals surface area contributed by atoms with Crippen molar-refractivity contribution >= 4 is 29.6 Å². The van der Waals surface area contributed by atoms with Crippen LogP contribution in [0.15, 0.2) is 28.0 Å². The van der Waals surface area contributed by atoms with Crippen molar-refractivity contribution in [1.29, 1.82) is 0 Å². The summed E-state index contributed by atoms with van der Waals surface area (Å²) >= 11 is 5.53. The van der Waals surface area contributed by atoms with Gasteiger partial charge in [0.15, 0.2) is 5.17 Å². The molecule has 0 bridgehead atoms. The second-order valence-corrected chi connectivity index (χ2v) is 3.20. The van der Waals surface area contributed by atoms with Gasteiger partial charge in [-0.3, -0.25) is 0 Å². The highest BCUT2D eigenvalue weighted by Crippen LogP contribution is 2.23. The second kappa shape index (κ2) is 3.23. The number of thiol groups is 1. The van der Waals surface area contributed by atoms with E-state index in [0.717, 1.165) is 10.6 Å². The molecule has 1 aliphatic rings. The Balaban J connectivity index is 3.02. The van der Waals surface area contributed by atoms with E-state index in [9.17, 15) is 0 Å². The molecule has 0 unspecified atom stereocenters. The van der Waals surface area contributed by atoms with Crippen molar-refractivity contribution < 1.29 is 0 Å². The Morgan fingerprint density at radius 2 is 2.36 bits per heavy atom. The van der Waals surface area contributed by atoms with Gasteiger partial charge in [-0.05, 0) is 6.26 Å². The van der Waals surface area contributed by atoms with Crippen LogP contribution in [0.25, 0.3) is 0 Å². The predicted molar refractivity (Wildman–Crippen MR) is 53.4 cm³/mol. The van der Waals surface area contributed by atoms with Crippen LogP contribution in [0.3, 0.4) is 0 Å². The van der Waals surface area contributed by atoms with Crippen LogP contribution in [-0.2, 0) is 0 Å². The topological polar surface area (TPSA) is 50.4 Å². The van der Waals surface area contributed by atoms with E-state index in [2.05, 4.69) is 29.5 Å². The number of thioether (sulfide) groups is 1. The molecule has 0 atom stereocenters. The molecule has 1 rings (SSSR count). The maximum Gasteiger partial charge on any atom is 0.164 e. The third kappa shape index (κ3) is 1.72. The fourth-order valence-corrected chi connectivity index (χ4v) is 1.56. The minimum atomic E-state index is 0.478. The van der Waals surface area contributed by atoms with E-state index in [0.29, 0.717) is 11.0 Å². The van der Waals surface area contributed by atoms with E-state index < -0.39 is 0 Å². The van der Waals surface area contributed by atoms with Crippen LogP contribution >= 0.6 is 24.4 Å². The molecule has 0 saturated carbocycles. The number of nitrogens with two attached hydrogens (primary N) is 1. The molecule has 5 heteroatoms. The Kier molecular flexibility index (Phi) is 2.51. The molecule has 0 aromatic carbocycles. The molecule has 0 aliphatic carbocycles. The van der Waals surface area contributed by atoms with Gasteiger partial charge in [-0.2, -0.15) is 0 Å². The van der Waals surface area contributed by atoms with Crippen LogP contribution in [0.2, 0.25) is 0 Å². The summed E-state index contributed by atoms with van der Waals surface area (Å²) in [7, 11) is 0. The molecular formula is C6H9N3S2. The van der Waals surface area contributed by atoms with Gasteiger partial charge in [-0.15, -0.1) is 24.4 Å². The van der Waals surface area contributed by atoms with Gasteiger partial charge in [0, 0.05) is 0 Å². The molecule has 1 aliphatic heterocycles. The van der Waals surface area contributed by atoms with Crippen molar-refractivity contribution in [3.8, 4) is 0 Å². The fraction of sp³-hybridized carbons (Fsp3) is 0.167. The summed E-state index contributed by atoms with van der Waals surface area (Å²) in [4.78, 5) is 4.81. The number of nitrogens with zero attached hydrogens (tertiary/aromatic N) is 1. The summed E-state index contributed by atoms with van der Waals surface area (Å²) in [5.74, 6) is 0.478. The molecule has 1 heterocycles. The van der Waals surface area contributed by atoms with E-state index in [1.807, 2.05) is 6.26 Å². The van der Waals surface area contributed by atoms with E-state index in [1.54, 1.807) is 0 Å². The van der Waals surface area contributed by atoms with Gasteiger partial charge >= 0.3 is 0 Å². The Morgan fingerprint density at radius 3 is 2.82 bits per heavy atom. The molecule has 3 N–H and O–H groups in total. The minimum absolute atomic E-state index is 0.478. The summed E-state index contributed by atoms with van der Waals surface area (Å²) in [6, 6.07) is 0. The molecule has 0 spiro atoms. The zero-order chi connectivity index (χ0) is 8.43. The van der Waals surface area contributed by atoms with Crippen molar-refractivity contribution in [1.82, 2.24) is 5.32 Å². The lowest BCUT2D eigenvalue weighted by Gasteiger charge is -2.16. The highest BCUT2D eigenvalue weighted by atomic mass is 32.2. The summed E-state index contributed by atoms with van der Waals surface area (Å²) in [6.07, 6.45) is 1.92. The maximum atomic E-state index is 5.59. The third-order valence-corrected chi connectivity index (χ3v) is 2.28. The number of hydrogen-bond acceptors (Lipinski definition) is 4. The zero-order valence-electron chi connectivity index (χ0n) is 6.09. The Morgan fingerprint density at radius 1 is 1.73 bits per heavy atom. The van der Waals surface area contributed by atoms with Gasteiger partial charge in [0.2, 0.25) is 0 Å². The zero-order valence-corrected chi connectivity index (χ0v) is 7.80. The fourth-order valence-electron chi connectivity index (χ4n) is 0.767. The quantitative estimate of drug-likeness (QED) is 0.534. The van der Waals surface area contributed by atoms with E-state index in [-0.39, 0.29) is 0 Å². The van der Waals surface area contributed by atoms with Crippen LogP contribution in [0.4, 0.5) is 0 Å². The number of rotatable bonds is 1. The highest BCUT2D eigenvalue weighted by molar-refractivity contribution is 8.02. The minimum Gasteiger partial charge on any atom is -0.383 e. The molecule has 0 saturated heterocycles. The van der Waals surface area contributed by atoms with Gasteiger partial charge in [0.25, 0.3) is 0 Å². The number of hydrogen-bond donors (Lipinski definition) is 3. The van der Waals surface area contributed by atoms with Gasteiger partial charge in [-0.25, -0.2) is 4.99 Å². The molecule has 3 nitrogen and oxygen atoms in total. The van der Waals surface area contributed by atoms with Crippen LogP contribution in [-0.4, -0.2) is 11.4 Å². The molecule has 0 amide bonds. The number of aliphatic imine (C=N–C) groups is 1. The standard InChI is InChI=1S/C6H9N3S2/c1-3-4(11-2)5(7)9-6(10)8-3/h1,7H2,2H3,(H2,8,9,10). The first-order valence-electron chi connectivity index (χ1n) is 2.93. The third-order valence-electron chi connectivity index (χ3n) is 1.20. The lowest BCUT2D eigenvalue weighted by molar-refractivity contribution is 1.09. The van der Waals surface area contributed by atoms with Crippen LogP contribution in [0.1, 0.15) is 0 Å². The largest absolute Gasteiger partial charge is 0.383 e. The normalized spacial score (nSPS) is 18.0. The first-order chi connectivity index (χ1) is 5.15. The first kappa shape index (κ1) is 8.55. The molecule has 0 fully saturated rings. The van der Waals surface area contributed by atoms with E-state index in [4.69, 9.17) is 5.73 Å². The Labute approximate surface area is 75.2 Å². The smallest absolute Gasteiger partial charge is 0.164 e. The van der Waals surface area contributed by atoms with Gasteiger partial charge in [0.1, 0.15) is 5.82 Å². The van der Waals surface area contributed by atoms with E-state index >= 15 is 0 Å². The van der Waals surface area contributed by atoms with Crippen molar-refractivity contribution in [3.05, 3.63) is 23.0 Å². The number of amidine groups is 1. The van der Waals surface area contributed by atoms with Crippen molar-refractivity contribution in [3.63, 3.8) is 0 Å². The maximum absolute atomic E-state index is 5.59. The van der Waals surface area contributed by atoms with E-state index in [1.165, 1.54) is 11.8 Å². The molecular weight excluding hydrogens is 178 g/mol. The Hall–Kier alpha value is -0.550. The summed E-state index contributed by atoms with van der Waals surface area (Å²) in [6.45, 7) is 3.77. The summed E-state index contributed by atoms with van der Waals surface area (Å²) in [5, 5.41) is 3.36. The average molecular weight is 187 g/mol. The SMILES string of the molecule is C=C1NC(S)=NC(N)=C1SC. The lowest BCUT2D eigenvalue weighted by atomic mass is 10.4. The number of nitrogens with one attached hydrogen (secondary N) is 1. The molecule has 60 valence electrons. The van der Waals surface area contributed by atoms with Crippen LogP contribution in [0.5, 0.6) is 0 Å². The predicted octanol–water partition coefficient (Wildman–Crippen LogP) is 0.880. The average Bonchev–Trinajstić information content (AvgIpc) is 1.85. The highest BCUT2D eigenvalue weighted by Gasteiger charge is 2.12. The summed E-state index contributed by atoms with van der Waals surface area (Å²) < 4.78 is 0.